The Morgan fingerprint density at radius 1 is 1.18 bits per heavy atom. The first kappa shape index (κ1) is 13.3. The zero-order chi connectivity index (χ0) is 12.3. The van der Waals surface area contributed by atoms with Crippen LogP contribution in [0.5, 0.6) is 0 Å². The molecule has 0 bridgehead atoms. The summed E-state index contributed by atoms with van der Waals surface area (Å²) in [5, 5.41) is 0. The number of amides is 1. The minimum atomic E-state index is 0.164. The van der Waals surface area contributed by atoms with Crippen molar-refractivity contribution in [3.63, 3.8) is 0 Å². The van der Waals surface area contributed by atoms with Gasteiger partial charge in [0.15, 0.2) is 0 Å². The summed E-state index contributed by atoms with van der Waals surface area (Å²) in [6.45, 7) is 1.80. The maximum absolute atomic E-state index is 12.4. The molecule has 0 unspecified atom stereocenters. The van der Waals surface area contributed by atoms with Crippen molar-refractivity contribution in [2.45, 2.75) is 25.7 Å². The summed E-state index contributed by atoms with van der Waals surface area (Å²) >= 11 is 5.71. The molecule has 0 saturated carbocycles. The lowest BCUT2D eigenvalue weighted by atomic mass is 10.2. The molecule has 17 heavy (non-hydrogen) atoms. The Balaban J connectivity index is 2.20. The van der Waals surface area contributed by atoms with Gasteiger partial charge in [0.05, 0.1) is 5.56 Å². The summed E-state index contributed by atoms with van der Waals surface area (Å²) in [5.41, 5.74) is 0.791. The van der Waals surface area contributed by atoms with Crippen LogP contribution in [-0.4, -0.2) is 23.9 Å². The second kappa shape index (κ2) is 6.18. The molecule has 0 radical (unpaired) electrons. The van der Waals surface area contributed by atoms with E-state index in [0.29, 0.717) is 0 Å². The quantitative estimate of drug-likeness (QED) is 0.642. The first-order chi connectivity index (χ1) is 8.18. The summed E-state index contributed by atoms with van der Waals surface area (Å²) in [6, 6.07) is 5.91. The Morgan fingerprint density at radius 2 is 1.82 bits per heavy atom. The van der Waals surface area contributed by atoms with Gasteiger partial charge in [-0.25, -0.2) is 0 Å². The molecule has 1 aliphatic rings. The van der Waals surface area contributed by atoms with Gasteiger partial charge in [0.1, 0.15) is 0 Å². The van der Waals surface area contributed by atoms with Crippen molar-refractivity contribution in [2.75, 3.05) is 13.1 Å². The fourth-order valence-corrected chi connectivity index (χ4v) is 3.01. The van der Waals surface area contributed by atoms with Crippen LogP contribution >= 0.6 is 38.5 Å². The summed E-state index contributed by atoms with van der Waals surface area (Å²) < 4.78 is 2.00. The van der Waals surface area contributed by atoms with E-state index in [-0.39, 0.29) is 5.91 Å². The van der Waals surface area contributed by atoms with E-state index in [1.54, 1.807) is 0 Å². The third-order valence-electron chi connectivity index (χ3n) is 3.05. The molecule has 2 rings (SSSR count). The number of rotatable bonds is 1. The van der Waals surface area contributed by atoms with Crippen molar-refractivity contribution < 1.29 is 4.79 Å². The maximum Gasteiger partial charge on any atom is 0.255 e. The van der Waals surface area contributed by atoms with Gasteiger partial charge in [-0.1, -0.05) is 12.8 Å². The van der Waals surface area contributed by atoms with Gasteiger partial charge in [0, 0.05) is 21.1 Å². The van der Waals surface area contributed by atoms with Crippen LogP contribution in [-0.2, 0) is 0 Å². The van der Waals surface area contributed by atoms with E-state index in [0.717, 1.165) is 39.5 Å². The molecule has 0 atom stereocenters. The Morgan fingerprint density at radius 3 is 2.47 bits per heavy atom. The van der Waals surface area contributed by atoms with Gasteiger partial charge in [-0.2, -0.15) is 0 Å². The van der Waals surface area contributed by atoms with Crippen LogP contribution < -0.4 is 0 Å². The second-order valence-corrected chi connectivity index (χ2v) is 6.43. The standard InChI is InChI=1S/C13H15BrINO/c14-12-6-5-10(15)9-11(12)13(17)16-7-3-1-2-4-8-16/h5-6,9H,1-4,7-8H2. The van der Waals surface area contributed by atoms with Crippen LogP contribution in [0.2, 0.25) is 0 Å². The van der Waals surface area contributed by atoms with E-state index < -0.39 is 0 Å². The van der Waals surface area contributed by atoms with Crippen molar-refractivity contribution in [2.24, 2.45) is 0 Å². The molecule has 1 aliphatic heterocycles. The summed E-state index contributed by atoms with van der Waals surface area (Å²) in [5.74, 6) is 0.164. The molecule has 0 N–H and O–H groups in total. The van der Waals surface area contributed by atoms with E-state index >= 15 is 0 Å². The van der Waals surface area contributed by atoms with E-state index in [1.165, 1.54) is 12.8 Å². The van der Waals surface area contributed by atoms with E-state index in [9.17, 15) is 4.79 Å². The monoisotopic (exact) mass is 407 g/mol. The van der Waals surface area contributed by atoms with Gasteiger partial charge >= 0.3 is 0 Å². The molecule has 1 aromatic rings. The molecule has 0 aliphatic carbocycles. The number of halogens is 2. The lowest BCUT2D eigenvalue weighted by molar-refractivity contribution is 0.0760. The van der Waals surface area contributed by atoms with Gasteiger partial charge in [0.25, 0.3) is 5.91 Å². The summed E-state index contributed by atoms with van der Waals surface area (Å²) in [4.78, 5) is 14.4. The highest BCUT2D eigenvalue weighted by Gasteiger charge is 2.19. The molecular formula is C13H15BrINO. The van der Waals surface area contributed by atoms with Crippen LogP contribution in [0.1, 0.15) is 36.0 Å². The van der Waals surface area contributed by atoms with E-state index in [2.05, 4.69) is 38.5 Å². The van der Waals surface area contributed by atoms with Crippen LogP contribution in [0.4, 0.5) is 0 Å². The average molecular weight is 408 g/mol. The maximum atomic E-state index is 12.4. The Labute approximate surface area is 124 Å². The number of nitrogens with zero attached hydrogens (tertiary/aromatic N) is 1. The van der Waals surface area contributed by atoms with Gasteiger partial charge in [0.2, 0.25) is 0 Å². The minimum Gasteiger partial charge on any atom is -0.339 e. The van der Waals surface area contributed by atoms with Crippen molar-refractivity contribution in [1.82, 2.24) is 4.90 Å². The lowest BCUT2D eigenvalue weighted by Gasteiger charge is -2.21. The molecule has 0 aromatic heterocycles. The largest absolute Gasteiger partial charge is 0.339 e. The molecular weight excluding hydrogens is 393 g/mol. The predicted octanol–water partition coefficient (Wildman–Crippen LogP) is 4.07. The minimum absolute atomic E-state index is 0.164. The normalized spacial score (nSPS) is 16.7. The van der Waals surface area contributed by atoms with Gasteiger partial charge in [-0.3, -0.25) is 4.79 Å². The van der Waals surface area contributed by atoms with Gasteiger partial charge in [-0.05, 0) is 69.6 Å². The van der Waals surface area contributed by atoms with Crippen molar-refractivity contribution in [3.8, 4) is 0 Å². The highest BCUT2D eigenvalue weighted by molar-refractivity contribution is 14.1. The van der Waals surface area contributed by atoms with Gasteiger partial charge in [-0.15, -0.1) is 0 Å². The number of likely N-dealkylation sites (tertiary alicyclic amines) is 1. The second-order valence-electron chi connectivity index (χ2n) is 4.33. The molecule has 1 fully saturated rings. The Kier molecular flexibility index (Phi) is 4.85. The lowest BCUT2D eigenvalue weighted by Crippen LogP contribution is -2.32. The Hall–Kier alpha value is -0.100. The first-order valence-corrected chi connectivity index (χ1v) is 7.80. The molecule has 0 spiro atoms. The highest BCUT2D eigenvalue weighted by Crippen LogP contribution is 2.22. The smallest absolute Gasteiger partial charge is 0.255 e. The highest BCUT2D eigenvalue weighted by atomic mass is 127. The third-order valence-corrected chi connectivity index (χ3v) is 4.41. The van der Waals surface area contributed by atoms with Crippen molar-refractivity contribution >= 4 is 44.4 Å². The van der Waals surface area contributed by atoms with Crippen molar-refractivity contribution in [1.29, 1.82) is 0 Å². The molecule has 1 aromatic carbocycles. The molecule has 1 saturated heterocycles. The SMILES string of the molecule is O=C(c1cc(I)ccc1Br)N1CCCCCC1. The molecule has 2 nitrogen and oxygen atoms in total. The van der Waals surface area contributed by atoms with E-state index in [4.69, 9.17) is 0 Å². The van der Waals surface area contributed by atoms with Crippen LogP contribution in [0, 0.1) is 3.57 Å². The zero-order valence-electron chi connectivity index (χ0n) is 9.59. The number of hydrogen-bond donors (Lipinski definition) is 0. The van der Waals surface area contributed by atoms with Crippen LogP contribution in [0.3, 0.4) is 0 Å². The number of benzene rings is 1. The molecule has 1 heterocycles. The number of hydrogen-bond acceptors (Lipinski definition) is 1. The fourth-order valence-electron chi connectivity index (χ4n) is 2.11. The van der Waals surface area contributed by atoms with Crippen molar-refractivity contribution in [3.05, 3.63) is 31.8 Å². The van der Waals surface area contributed by atoms with Crippen LogP contribution in [0.15, 0.2) is 22.7 Å². The molecule has 4 heteroatoms. The number of carbonyl (C=O) groups excluding carboxylic acids is 1. The van der Waals surface area contributed by atoms with Gasteiger partial charge < -0.3 is 4.90 Å². The average Bonchev–Trinajstić information content (AvgIpc) is 2.60. The third kappa shape index (κ3) is 3.44. The van der Waals surface area contributed by atoms with E-state index in [1.807, 2.05) is 23.1 Å². The van der Waals surface area contributed by atoms with Crippen LogP contribution in [0.25, 0.3) is 0 Å². The Bertz CT molecular complexity index is 414. The number of carbonyl (C=O) groups is 1. The molecule has 1 amide bonds. The first-order valence-electron chi connectivity index (χ1n) is 5.93. The fraction of sp³-hybridized carbons (Fsp3) is 0.462. The molecule has 92 valence electrons. The summed E-state index contributed by atoms with van der Waals surface area (Å²) in [7, 11) is 0. The topological polar surface area (TPSA) is 20.3 Å². The summed E-state index contributed by atoms with van der Waals surface area (Å²) in [6.07, 6.45) is 4.76. The predicted molar refractivity (Wildman–Crippen MR) is 81.2 cm³/mol. The zero-order valence-corrected chi connectivity index (χ0v) is 13.3.